The summed E-state index contributed by atoms with van der Waals surface area (Å²) in [5.74, 6) is 1.61. The number of methoxy groups -OCH3 is 1. The zero-order valence-electron chi connectivity index (χ0n) is 10.9. The first kappa shape index (κ1) is 13.7. The highest BCUT2D eigenvalue weighted by molar-refractivity contribution is 9.10. The molecule has 19 heavy (non-hydrogen) atoms. The largest absolute Gasteiger partial charge is 0.496 e. The number of rotatable bonds is 4. The van der Waals surface area contributed by atoms with E-state index in [0.717, 1.165) is 27.1 Å². The second-order valence-electron chi connectivity index (χ2n) is 4.27. The highest BCUT2D eigenvalue weighted by atomic mass is 79.9. The van der Waals surface area contributed by atoms with Gasteiger partial charge in [-0.15, -0.1) is 0 Å². The highest BCUT2D eigenvalue weighted by Gasteiger charge is 2.06. The van der Waals surface area contributed by atoms with Crippen LogP contribution in [0.25, 0.3) is 0 Å². The summed E-state index contributed by atoms with van der Waals surface area (Å²) in [6, 6.07) is 11.5. The standard InChI is InChI=1S/C15H16BrNO2/c1-10-7-12(16)4-6-14(10)19-9-11-3-5-13(17)8-15(11)18-2/h3-8H,9,17H2,1-2H3. The van der Waals surface area contributed by atoms with Crippen molar-refractivity contribution in [2.45, 2.75) is 13.5 Å². The number of benzene rings is 2. The molecule has 0 amide bonds. The lowest BCUT2D eigenvalue weighted by molar-refractivity contribution is 0.295. The number of nitrogen functional groups attached to an aromatic ring is 1. The molecule has 4 heteroatoms. The molecule has 3 nitrogen and oxygen atoms in total. The van der Waals surface area contributed by atoms with Crippen molar-refractivity contribution in [3.8, 4) is 11.5 Å². The normalized spacial score (nSPS) is 10.3. The van der Waals surface area contributed by atoms with Crippen molar-refractivity contribution in [1.29, 1.82) is 0 Å². The molecule has 0 fully saturated rings. The van der Waals surface area contributed by atoms with Crippen molar-refractivity contribution in [2.24, 2.45) is 0 Å². The van der Waals surface area contributed by atoms with Crippen LogP contribution in [-0.2, 0) is 6.61 Å². The summed E-state index contributed by atoms with van der Waals surface area (Å²) in [5.41, 5.74) is 8.46. The van der Waals surface area contributed by atoms with Gasteiger partial charge in [0.2, 0.25) is 0 Å². The Morgan fingerprint density at radius 3 is 2.58 bits per heavy atom. The average molecular weight is 322 g/mol. The molecule has 0 aliphatic rings. The first-order chi connectivity index (χ1) is 9.10. The predicted molar refractivity (Wildman–Crippen MR) is 80.6 cm³/mol. The van der Waals surface area contributed by atoms with Crippen LogP contribution >= 0.6 is 15.9 Å². The molecule has 0 aliphatic heterocycles. The van der Waals surface area contributed by atoms with Crippen molar-refractivity contribution < 1.29 is 9.47 Å². The lowest BCUT2D eigenvalue weighted by Gasteiger charge is -2.12. The topological polar surface area (TPSA) is 44.5 Å². The monoisotopic (exact) mass is 321 g/mol. The third kappa shape index (κ3) is 3.41. The van der Waals surface area contributed by atoms with Crippen LogP contribution < -0.4 is 15.2 Å². The lowest BCUT2D eigenvalue weighted by Crippen LogP contribution is -2.00. The van der Waals surface area contributed by atoms with E-state index in [1.165, 1.54) is 0 Å². The first-order valence-corrected chi connectivity index (χ1v) is 6.71. The van der Waals surface area contributed by atoms with Crippen molar-refractivity contribution in [3.05, 3.63) is 52.0 Å². The molecule has 100 valence electrons. The minimum absolute atomic E-state index is 0.450. The summed E-state index contributed by atoms with van der Waals surface area (Å²) < 4.78 is 12.2. The minimum atomic E-state index is 0.450. The Morgan fingerprint density at radius 1 is 1.11 bits per heavy atom. The Bertz CT molecular complexity index is 584. The molecule has 0 bridgehead atoms. The molecule has 0 radical (unpaired) electrons. The molecule has 2 aromatic carbocycles. The van der Waals surface area contributed by atoms with Gasteiger partial charge >= 0.3 is 0 Å². The maximum Gasteiger partial charge on any atom is 0.127 e. The molecule has 0 aromatic heterocycles. The molecule has 0 unspecified atom stereocenters. The van der Waals surface area contributed by atoms with Gasteiger partial charge in [0.25, 0.3) is 0 Å². The van der Waals surface area contributed by atoms with E-state index >= 15 is 0 Å². The van der Waals surface area contributed by atoms with Crippen LogP contribution in [0.2, 0.25) is 0 Å². The molecule has 0 saturated heterocycles. The van der Waals surface area contributed by atoms with Gasteiger partial charge in [0.1, 0.15) is 18.1 Å². The quantitative estimate of drug-likeness (QED) is 0.868. The third-order valence-electron chi connectivity index (χ3n) is 2.83. The van der Waals surface area contributed by atoms with E-state index in [-0.39, 0.29) is 0 Å². The van der Waals surface area contributed by atoms with Gasteiger partial charge in [-0.3, -0.25) is 0 Å². The summed E-state index contributed by atoms with van der Waals surface area (Å²) >= 11 is 3.43. The minimum Gasteiger partial charge on any atom is -0.496 e. The predicted octanol–water partition coefficient (Wildman–Crippen LogP) is 3.93. The number of nitrogens with two attached hydrogens (primary N) is 1. The van der Waals surface area contributed by atoms with Gasteiger partial charge in [-0.1, -0.05) is 15.9 Å². The molecule has 2 rings (SSSR count). The molecular formula is C15H16BrNO2. The summed E-state index contributed by atoms with van der Waals surface area (Å²) in [6.07, 6.45) is 0. The second kappa shape index (κ2) is 5.97. The Balaban J connectivity index is 2.14. The number of hydrogen-bond donors (Lipinski definition) is 1. The zero-order chi connectivity index (χ0) is 13.8. The molecule has 0 spiro atoms. The lowest BCUT2D eigenvalue weighted by atomic mass is 10.2. The van der Waals surface area contributed by atoms with E-state index in [4.69, 9.17) is 15.2 Å². The molecule has 2 N–H and O–H groups in total. The summed E-state index contributed by atoms with van der Waals surface area (Å²) in [7, 11) is 1.63. The molecule has 2 aromatic rings. The maximum atomic E-state index is 5.82. The van der Waals surface area contributed by atoms with Crippen molar-refractivity contribution in [2.75, 3.05) is 12.8 Å². The Kier molecular flexibility index (Phi) is 4.32. The third-order valence-corrected chi connectivity index (χ3v) is 3.32. The summed E-state index contributed by atoms with van der Waals surface area (Å²) in [6.45, 7) is 2.46. The highest BCUT2D eigenvalue weighted by Crippen LogP contribution is 2.26. The van der Waals surface area contributed by atoms with Crippen molar-refractivity contribution in [1.82, 2.24) is 0 Å². The van der Waals surface area contributed by atoms with E-state index in [0.29, 0.717) is 12.3 Å². The van der Waals surface area contributed by atoms with Gasteiger partial charge in [-0.05, 0) is 42.8 Å². The van der Waals surface area contributed by atoms with Crippen LogP contribution in [0, 0.1) is 6.92 Å². The number of halogens is 1. The van der Waals surface area contributed by atoms with E-state index in [2.05, 4.69) is 15.9 Å². The van der Waals surface area contributed by atoms with E-state index in [1.54, 1.807) is 13.2 Å². The molecule has 0 saturated carbocycles. The average Bonchev–Trinajstić information content (AvgIpc) is 2.39. The van der Waals surface area contributed by atoms with E-state index in [9.17, 15) is 0 Å². The molecule has 0 heterocycles. The van der Waals surface area contributed by atoms with Gasteiger partial charge in [-0.25, -0.2) is 0 Å². The van der Waals surface area contributed by atoms with E-state index in [1.807, 2.05) is 37.3 Å². The molecule has 0 aliphatic carbocycles. The number of hydrogen-bond acceptors (Lipinski definition) is 3. The van der Waals surface area contributed by atoms with Crippen LogP contribution in [0.15, 0.2) is 40.9 Å². The van der Waals surface area contributed by atoms with Crippen LogP contribution in [0.1, 0.15) is 11.1 Å². The van der Waals surface area contributed by atoms with E-state index < -0.39 is 0 Å². The van der Waals surface area contributed by atoms with Crippen molar-refractivity contribution in [3.63, 3.8) is 0 Å². The maximum absolute atomic E-state index is 5.82. The number of aryl methyl sites for hydroxylation is 1. The molecular weight excluding hydrogens is 306 g/mol. The zero-order valence-corrected chi connectivity index (χ0v) is 12.5. The smallest absolute Gasteiger partial charge is 0.127 e. The summed E-state index contributed by atoms with van der Waals surface area (Å²) in [4.78, 5) is 0. The number of anilines is 1. The van der Waals surface area contributed by atoms with Crippen LogP contribution in [0.5, 0.6) is 11.5 Å². The Hall–Kier alpha value is -1.68. The Labute approximate surface area is 121 Å². The fourth-order valence-corrected chi connectivity index (χ4v) is 2.29. The number of ether oxygens (including phenoxy) is 2. The van der Waals surface area contributed by atoms with Crippen LogP contribution in [-0.4, -0.2) is 7.11 Å². The van der Waals surface area contributed by atoms with Crippen molar-refractivity contribution >= 4 is 21.6 Å². The van der Waals surface area contributed by atoms with Gasteiger partial charge in [-0.2, -0.15) is 0 Å². The summed E-state index contributed by atoms with van der Waals surface area (Å²) in [5, 5.41) is 0. The van der Waals surface area contributed by atoms with Gasteiger partial charge < -0.3 is 15.2 Å². The van der Waals surface area contributed by atoms with Crippen LogP contribution in [0.3, 0.4) is 0 Å². The fraction of sp³-hybridized carbons (Fsp3) is 0.200. The van der Waals surface area contributed by atoms with Gasteiger partial charge in [0, 0.05) is 21.8 Å². The first-order valence-electron chi connectivity index (χ1n) is 5.91. The van der Waals surface area contributed by atoms with Gasteiger partial charge in [0.15, 0.2) is 0 Å². The van der Waals surface area contributed by atoms with Gasteiger partial charge in [0.05, 0.1) is 7.11 Å². The fourth-order valence-electron chi connectivity index (χ4n) is 1.81. The van der Waals surface area contributed by atoms with Crippen LogP contribution in [0.4, 0.5) is 5.69 Å². The SMILES string of the molecule is COc1cc(N)ccc1COc1ccc(Br)cc1C. The second-order valence-corrected chi connectivity index (χ2v) is 5.19. The molecule has 0 atom stereocenters. The Morgan fingerprint density at radius 2 is 1.89 bits per heavy atom.